The number of alkyl halides is 3. The van der Waals surface area contributed by atoms with Crippen molar-refractivity contribution in [1.29, 1.82) is 0 Å². The molecule has 0 unspecified atom stereocenters. The summed E-state index contributed by atoms with van der Waals surface area (Å²) in [5, 5.41) is 4.66. The van der Waals surface area contributed by atoms with E-state index in [0.29, 0.717) is 15.9 Å². The van der Waals surface area contributed by atoms with Crippen molar-refractivity contribution < 1.29 is 26.3 Å². The second-order valence-electron chi connectivity index (χ2n) is 5.69. The third kappa shape index (κ3) is 4.72. The summed E-state index contributed by atoms with van der Waals surface area (Å²) < 4.78 is 69.5. The summed E-state index contributed by atoms with van der Waals surface area (Å²) in [6.07, 6.45) is -1.96. The number of nitrogens with zero attached hydrogens (tertiary/aromatic N) is 2. The normalized spacial score (nSPS) is 12.6. The number of H-pyrrole nitrogens is 1. The molecule has 0 fully saturated rings. The number of hydrogen-bond acceptors (Lipinski definition) is 4. The molecule has 0 amide bonds. The lowest BCUT2D eigenvalue weighted by Gasteiger charge is -2.09. The second kappa shape index (κ2) is 7.82. The van der Waals surface area contributed by atoms with Crippen molar-refractivity contribution in [3.63, 3.8) is 0 Å². The predicted octanol–water partition coefficient (Wildman–Crippen LogP) is 4.05. The molecule has 3 rings (SSSR count). The molecule has 1 aromatic carbocycles. The highest BCUT2D eigenvalue weighted by molar-refractivity contribution is 7.93. The molecule has 13 heteroatoms. The summed E-state index contributed by atoms with van der Waals surface area (Å²) in [4.78, 5) is 2.80. The first-order valence-corrected chi connectivity index (χ1v) is 9.96. The molecular weight excluding hydrogens is 444 g/mol. The Bertz CT molecular complexity index is 1100. The van der Waals surface area contributed by atoms with E-state index in [-0.39, 0.29) is 28.9 Å². The number of ether oxygens (including phenoxy) is 1. The van der Waals surface area contributed by atoms with Gasteiger partial charge in [-0.1, -0.05) is 23.2 Å². The van der Waals surface area contributed by atoms with Crippen molar-refractivity contribution in [2.75, 3.05) is 17.9 Å². The molecule has 7 nitrogen and oxygen atoms in total. The molecule has 152 valence electrons. The molecule has 0 saturated heterocycles. The summed E-state index contributed by atoms with van der Waals surface area (Å²) in [5.74, 6) is 0. The van der Waals surface area contributed by atoms with Gasteiger partial charge in [0.2, 0.25) is 0 Å². The van der Waals surface area contributed by atoms with E-state index in [1.165, 1.54) is 6.20 Å². The fourth-order valence-electron chi connectivity index (χ4n) is 2.43. The Labute approximate surface area is 167 Å². The van der Waals surface area contributed by atoms with Crippen LogP contribution in [-0.2, 0) is 21.3 Å². The standard InChI is InChI=1S/C15H13Cl2F3N4O3S/c16-9-1-2-10-11(5-9)21-7-13(10)28(25,26)23-12-6-22-24(14(12)17)3-4-27-8-15(18,19)20/h1-2,5-7,21,23H,3-4,8H2. The second-order valence-corrected chi connectivity index (χ2v) is 8.13. The van der Waals surface area contributed by atoms with Gasteiger partial charge in [0.1, 0.15) is 17.2 Å². The molecule has 3 aromatic rings. The maximum absolute atomic E-state index is 12.7. The van der Waals surface area contributed by atoms with Gasteiger partial charge in [-0.3, -0.25) is 4.72 Å². The largest absolute Gasteiger partial charge is 0.411 e. The third-order valence-corrected chi connectivity index (χ3v) is 5.67. The molecule has 2 aromatic heterocycles. The Morgan fingerprint density at radius 2 is 2.04 bits per heavy atom. The van der Waals surface area contributed by atoms with Crippen LogP contribution in [0.5, 0.6) is 0 Å². The van der Waals surface area contributed by atoms with Crippen molar-refractivity contribution in [3.05, 3.63) is 40.8 Å². The number of halogens is 5. The van der Waals surface area contributed by atoms with Gasteiger partial charge in [-0.05, 0) is 18.2 Å². The first kappa shape index (κ1) is 20.8. The molecule has 0 spiro atoms. The third-order valence-electron chi connectivity index (χ3n) is 3.63. The van der Waals surface area contributed by atoms with E-state index in [9.17, 15) is 21.6 Å². The van der Waals surface area contributed by atoms with E-state index in [0.717, 1.165) is 10.9 Å². The Hall–Kier alpha value is -1.95. The van der Waals surface area contributed by atoms with Crippen molar-refractivity contribution in [3.8, 4) is 0 Å². The first-order valence-electron chi connectivity index (χ1n) is 7.72. The lowest BCUT2D eigenvalue weighted by atomic mass is 10.2. The molecule has 0 atom stereocenters. The summed E-state index contributed by atoms with van der Waals surface area (Å²) >= 11 is 12.0. The van der Waals surface area contributed by atoms with Crippen molar-refractivity contribution in [2.24, 2.45) is 0 Å². The number of aromatic nitrogens is 3. The van der Waals surface area contributed by atoms with E-state index in [2.05, 4.69) is 19.5 Å². The van der Waals surface area contributed by atoms with Crippen LogP contribution in [0.1, 0.15) is 0 Å². The maximum Gasteiger partial charge on any atom is 0.411 e. The molecule has 0 aliphatic carbocycles. The van der Waals surface area contributed by atoms with Crippen LogP contribution in [0, 0.1) is 0 Å². The molecule has 2 N–H and O–H groups in total. The fraction of sp³-hybridized carbons (Fsp3) is 0.267. The van der Waals surface area contributed by atoms with Crippen LogP contribution in [0.3, 0.4) is 0 Å². The van der Waals surface area contributed by atoms with Gasteiger partial charge >= 0.3 is 6.18 Å². The van der Waals surface area contributed by atoms with E-state index < -0.39 is 22.8 Å². The summed E-state index contributed by atoms with van der Waals surface area (Å²) in [5.41, 5.74) is 0.525. The number of fused-ring (bicyclic) bond motifs is 1. The Balaban J connectivity index is 1.73. The van der Waals surface area contributed by atoms with Gasteiger partial charge in [0.05, 0.1) is 19.3 Å². The highest BCUT2D eigenvalue weighted by Crippen LogP contribution is 2.29. The Morgan fingerprint density at radius 3 is 2.75 bits per heavy atom. The van der Waals surface area contributed by atoms with Crippen LogP contribution >= 0.6 is 23.2 Å². The summed E-state index contributed by atoms with van der Waals surface area (Å²) in [6, 6.07) is 4.70. The number of anilines is 1. The molecule has 2 heterocycles. The van der Waals surface area contributed by atoms with Crippen LogP contribution in [0.25, 0.3) is 10.9 Å². The van der Waals surface area contributed by atoms with Crippen LogP contribution in [0.15, 0.2) is 35.5 Å². The molecule has 28 heavy (non-hydrogen) atoms. The molecular formula is C15H13Cl2F3N4O3S. The van der Waals surface area contributed by atoms with E-state index >= 15 is 0 Å². The zero-order valence-electron chi connectivity index (χ0n) is 13.9. The summed E-state index contributed by atoms with van der Waals surface area (Å²) in [6.45, 7) is -1.77. The lowest BCUT2D eigenvalue weighted by Crippen LogP contribution is -2.19. The average Bonchev–Trinajstić information content (AvgIpc) is 3.15. The molecule has 0 aliphatic heterocycles. The molecule has 0 aliphatic rings. The van der Waals surface area contributed by atoms with E-state index in [4.69, 9.17) is 23.2 Å². The zero-order chi connectivity index (χ0) is 20.5. The Kier molecular flexibility index (Phi) is 5.80. The first-order chi connectivity index (χ1) is 13.1. The number of nitrogens with one attached hydrogen (secondary N) is 2. The van der Waals surface area contributed by atoms with Gasteiger partial charge in [0, 0.05) is 22.1 Å². The van der Waals surface area contributed by atoms with Gasteiger partial charge < -0.3 is 9.72 Å². The minimum absolute atomic E-state index is 0.0131. The lowest BCUT2D eigenvalue weighted by molar-refractivity contribution is -0.174. The van der Waals surface area contributed by atoms with Crippen LogP contribution in [0.4, 0.5) is 18.9 Å². The van der Waals surface area contributed by atoms with Crippen LogP contribution < -0.4 is 4.72 Å². The minimum Gasteiger partial charge on any atom is -0.370 e. The van der Waals surface area contributed by atoms with Gasteiger partial charge in [0.15, 0.2) is 5.15 Å². The smallest absolute Gasteiger partial charge is 0.370 e. The highest BCUT2D eigenvalue weighted by Gasteiger charge is 2.27. The highest BCUT2D eigenvalue weighted by atomic mass is 35.5. The van der Waals surface area contributed by atoms with Crippen LogP contribution in [-0.4, -0.2) is 42.6 Å². The van der Waals surface area contributed by atoms with Gasteiger partial charge in [-0.15, -0.1) is 0 Å². The number of rotatable bonds is 7. The predicted molar refractivity (Wildman–Crippen MR) is 98.2 cm³/mol. The maximum atomic E-state index is 12.7. The average molecular weight is 457 g/mol. The van der Waals surface area contributed by atoms with Gasteiger partial charge in [0.25, 0.3) is 10.0 Å². The monoisotopic (exact) mass is 456 g/mol. The van der Waals surface area contributed by atoms with Crippen molar-refractivity contribution >= 4 is 49.8 Å². The molecule has 0 radical (unpaired) electrons. The number of hydrogen-bond donors (Lipinski definition) is 2. The van der Waals surface area contributed by atoms with Crippen molar-refractivity contribution in [1.82, 2.24) is 14.8 Å². The SMILES string of the molecule is O=S(=O)(Nc1cnn(CCOCC(F)(F)F)c1Cl)c1c[nH]c2cc(Cl)ccc12. The van der Waals surface area contributed by atoms with E-state index in [1.54, 1.807) is 18.2 Å². The minimum atomic E-state index is -4.43. The van der Waals surface area contributed by atoms with Crippen molar-refractivity contribution in [2.45, 2.75) is 17.6 Å². The number of aromatic amines is 1. The van der Waals surface area contributed by atoms with E-state index in [1.807, 2.05) is 0 Å². The van der Waals surface area contributed by atoms with Gasteiger partial charge in [-0.25, -0.2) is 13.1 Å². The quantitative estimate of drug-likeness (QED) is 0.524. The topological polar surface area (TPSA) is 89.0 Å². The molecule has 0 bridgehead atoms. The summed E-state index contributed by atoms with van der Waals surface area (Å²) in [7, 11) is -4.01. The van der Waals surface area contributed by atoms with Crippen LogP contribution in [0.2, 0.25) is 10.2 Å². The zero-order valence-corrected chi connectivity index (χ0v) is 16.3. The van der Waals surface area contributed by atoms with Gasteiger partial charge in [-0.2, -0.15) is 18.3 Å². The molecule has 0 saturated carbocycles. The number of sulfonamides is 1. The fourth-order valence-corrected chi connectivity index (χ4v) is 4.11. The number of benzene rings is 1. The Morgan fingerprint density at radius 1 is 1.29 bits per heavy atom.